The average molecular weight is 314 g/mol. The molecule has 4 nitrogen and oxygen atoms in total. The molecule has 1 aliphatic heterocycles. The van der Waals surface area contributed by atoms with Gasteiger partial charge in [0.2, 0.25) is 5.91 Å². The molecule has 1 aliphatic rings. The van der Waals surface area contributed by atoms with E-state index in [-0.39, 0.29) is 23.6 Å². The lowest BCUT2D eigenvalue weighted by atomic mass is 10.0. The molecular formula is C18H19FN2O2. The second kappa shape index (κ2) is 6.79. The smallest absolute Gasteiger partial charge is 0.226 e. The Morgan fingerprint density at radius 2 is 2.00 bits per heavy atom. The Morgan fingerprint density at radius 3 is 2.61 bits per heavy atom. The van der Waals surface area contributed by atoms with Gasteiger partial charge in [0.05, 0.1) is 12.0 Å². The number of hydrogen-bond acceptors (Lipinski definition) is 3. The first-order valence-corrected chi connectivity index (χ1v) is 7.67. The summed E-state index contributed by atoms with van der Waals surface area (Å²) in [4.78, 5) is 11.9. The van der Waals surface area contributed by atoms with Crippen LogP contribution in [0.1, 0.15) is 18.5 Å². The first-order valence-electron chi connectivity index (χ1n) is 7.67. The van der Waals surface area contributed by atoms with Crippen LogP contribution in [0.2, 0.25) is 0 Å². The Kier molecular flexibility index (Phi) is 4.57. The highest BCUT2D eigenvalue weighted by molar-refractivity contribution is 5.80. The Labute approximate surface area is 134 Å². The molecule has 2 N–H and O–H groups in total. The summed E-state index contributed by atoms with van der Waals surface area (Å²) in [5, 5.41) is 5.97. The van der Waals surface area contributed by atoms with Crippen molar-refractivity contribution in [3.05, 3.63) is 59.9 Å². The molecule has 5 heteroatoms. The minimum atomic E-state index is -0.447. The normalized spacial score (nSPS) is 15.6. The molecule has 1 heterocycles. The number of carbonyl (C=O) groups is 1. The van der Waals surface area contributed by atoms with E-state index >= 15 is 0 Å². The molecule has 1 fully saturated rings. The van der Waals surface area contributed by atoms with Crippen molar-refractivity contribution >= 4 is 5.91 Å². The topological polar surface area (TPSA) is 50.4 Å². The van der Waals surface area contributed by atoms with Crippen LogP contribution in [0.5, 0.6) is 11.5 Å². The molecule has 0 spiro atoms. The molecule has 1 unspecified atom stereocenters. The summed E-state index contributed by atoms with van der Waals surface area (Å²) in [6.07, 6.45) is 0. The van der Waals surface area contributed by atoms with E-state index < -0.39 is 5.82 Å². The number of amides is 1. The first-order chi connectivity index (χ1) is 11.1. The van der Waals surface area contributed by atoms with E-state index in [4.69, 9.17) is 4.74 Å². The van der Waals surface area contributed by atoms with Gasteiger partial charge in [-0.3, -0.25) is 4.79 Å². The van der Waals surface area contributed by atoms with Crippen molar-refractivity contribution in [2.75, 3.05) is 13.1 Å². The number of para-hydroxylation sites is 1. The van der Waals surface area contributed by atoms with Crippen LogP contribution in [0, 0.1) is 11.7 Å². The maximum Gasteiger partial charge on any atom is 0.226 e. The lowest BCUT2D eigenvalue weighted by Gasteiger charge is -2.27. The number of ether oxygens (including phenoxy) is 1. The fourth-order valence-corrected chi connectivity index (χ4v) is 2.37. The summed E-state index contributed by atoms with van der Waals surface area (Å²) < 4.78 is 19.7. The molecule has 0 aliphatic carbocycles. The molecule has 0 radical (unpaired) electrons. The lowest BCUT2D eigenvalue weighted by Crippen LogP contribution is -2.51. The third kappa shape index (κ3) is 3.68. The van der Waals surface area contributed by atoms with E-state index in [0.717, 1.165) is 0 Å². The number of benzene rings is 2. The van der Waals surface area contributed by atoms with Crippen molar-refractivity contribution in [3.63, 3.8) is 0 Å². The highest BCUT2D eigenvalue weighted by Crippen LogP contribution is 2.27. The molecule has 0 saturated carbocycles. The van der Waals surface area contributed by atoms with E-state index in [0.29, 0.717) is 24.4 Å². The quantitative estimate of drug-likeness (QED) is 0.892. The zero-order chi connectivity index (χ0) is 16.2. The number of halogens is 1. The van der Waals surface area contributed by atoms with Gasteiger partial charge >= 0.3 is 0 Å². The van der Waals surface area contributed by atoms with Gasteiger partial charge in [0.1, 0.15) is 5.75 Å². The van der Waals surface area contributed by atoms with Crippen LogP contribution in [0.25, 0.3) is 0 Å². The van der Waals surface area contributed by atoms with Crippen LogP contribution in [0.3, 0.4) is 0 Å². The van der Waals surface area contributed by atoms with Gasteiger partial charge in [-0.1, -0.05) is 24.3 Å². The zero-order valence-electron chi connectivity index (χ0n) is 12.9. The molecule has 0 bridgehead atoms. The first kappa shape index (κ1) is 15.5. The van der Waals surface area contributed by atoms with E-state index in [9.17, 15) is 9.18 Å². The third-order valence-corrected chi connectivity index (χ3v) is 3.94. The van der Waals surface area contributed by atoms with Crippen molar-refractivity contribution in [1.29, 1.82) is 0 Å². The Hall–Kier alpha value is -2.40. The molecule has 3 rings (SSSR count). The second-order valence-corrected chi connectivity index (χ2v) is 5.69. The lowest BCUT2D eigenvalue weighted by molar-refractivity contribution is -0.127. The number of nitrogens with one attached hydrogen (secondary N) is 2. The standard InChI is InChI=1S/C18H19FN2O2/c1-12(21-18(22)14-10-20-11-14)13-7-8-17(16(19)9-13)23-15-5-3-2-4-6-15/h2-9,12,14,20H,10-11H2,1H3,(H,21,22). The number of rotatable bonds is 5. The molecule has 2 aromatic carbocycles. The van der Waals surface area contributed by atoms with Crippen molar-refractivity contribution < 1.29 is 13.9 Å². The van der Waals surface area contributed by atoms with Crippen molar-refractivity contribution in [2.45, 2.75) is 13.0 Å². The van der Waals surface area contributed by atoms with Crippen LogP contribution >= 0.6 is 0 Å². The van der Waals surface area contributed by atoms with E-state index in [2.05, 4.69) is 10.6 Å². The molecule has 1 amide bonds. The van der Waals surface area contributed by atoms with Gasteiger partial charge in [-0.15, -0.1) is 0 Å². The van der Waals surface area contributed by atoms with Crippen molar-refractivity contribution in [1.82, 2.24) is 10.6 Å². The molecule has 0 aromatic heterocycles. The van der Waals surface area contributed by atoms with E-state index in [1.807, 2.05) is 25.1 Å². The molecule has 1 saturated heterocycles. The largest absolute Gasteiger partial charge is 0.454 e. The fourth-order valence-electron chi connectivity index (χ4n) is 2.37. The molecular weight excluding hydrogens is 295 g/mol. The summed E-state index contributed by atoms with van der Waals surface area (Å²) in [6, 6.07) is 13.6. The van der Waals surface area contributed by atoms with Gasteiger partial charge in [0.15, 0.2) is 11.6 Å². The summed E-state index contributed by atoms with van der Waals surface area (Å²) in [5.74, 6) is 0.321. The van der Waals surface area contributed by atoms with Crippen LogP contribution in [0.15, 0.2) is 48.5 Å². The highest BCUT2D eigenvalue weighted by atomic mass is 19.1. The Balaban J connectivity index is 1.67. The molecule has 1 atom stereocenters. The summed E-state index contributed by atoms with van der Waals surface area (Å²) >= 11 is 0. The second-order valence-electron chi connectivity index (χ2n) is 5.69. The van der Waals surface area contributed by atoms with Crippen LogP contribution in [-0.4, -0.2) is 19.0 Å². The van der Waals surface area contributed by atoms with Gasteiger partial charge in [-0.05, 0) is 36.8 Å². The zero-order valence-corrected chi connectivity index (χ0v) is 12.9. The van der Waals surface area contributed by atoms with Gasteiger partial charge in [-0.25, -0.2) is 4.39 Å². The maximum absolute atomic E-state index is 14.2. The van der Waals surface area contributed by atoms with E-state index in [1.54, 1.807) is 24.3 Å². The van der Waals surface area contributed by atoms with Crippen molar-refractivity contribution in [3.8, 4) is 11.5 Å². The molecule has 2 aromatic rings. The van der Waals surface area contributed by atoms with Gasteiger partial charge in [-0.2, -0.15) is 0 Å². The van der Waals surface area contributed by atoms with Crippen molar-refractivity contribution in [2.24, 2.45) is 5.92 Å². The van der Waals surface area contributed by atoms with Crippen LogP contribution < -0.4 is 15.4 Å². The highest BCUT2D eigenvalue weighted by Gasteiger charge is 2.26. The minimum absolute atomic E-state index is 0.00118. The van der Waals surface area contributed by atoms with E-state index in [1.165, 1.54) is 6.07 Å². The summed E-state index contributed by atoms with van der Waals surface area (Å²) in [6.45, 7) is 3.25. The summed E-state index contributed by atoms with van der Waals surface area (Å²) in [7, 11) is 0. The molecule has 120 valence electrons. The predicted octanol–water partition coefficient (Wildman–Crippen LogP) is 3.01. The Morgan fingerprint density at radius 1 is 1.26 bits per heavy atom. The third-order valence-electron chi connectivity index (χ3n) is 3.94. The molecule has 23 heavy (non-hydrogen) atoms. The monoisotopic (exact) mass is 314 g/mol. The SMILES string of the molecule is CC(NC(=O)C1CNC1)c1ccc(Oc2ccccc2)c(F)c1. The fraction of sp³-hybridized carbons (Fsp3) is 0.278. The number of hydrogen-bond donors (Lipinski definition) is 2. The summed E-state index contributed by atoms with van der Waals surface area (Å²) in [5.41, 5.74) is 0.712. The predicted molar refractivity (Wildman–Crippen MR) is 85.8 cm³/mol. The van der Waals surface area contributed by atoms with Crippen LogP contribution in [-0.2, 0) is 4.79 Å². The van der Waals surface area contributed by atoms with Gasteiger partial charge in [0.25, 0.3) is 0 Å². The van der Waals surface area contributed by atoms with Gasteiger partial charge in [0, 0.05) is 13.1 Å². The average Bonchev–Trinajstić information content (AvgIpc) is 2.48. The maximum atomic E-state index is 14.2. The van der Waals surface area contributed by atoms with Gasteiger partial charge < -0.3 is 15.4 Å². The minimum Gasteiger partial charge on any atom is -0.454 e. The Bertz CT molecular complexity index is 687. The number of carbonyl (C=O) groups excluding carboxylic acids is 1. The van der Waals surface area contributed by atoms with Crippen LogP contribution in [0.4, 0.5) is 4.39 Å².